The molecule has 2 rings (SSSR count). The van der Waals surface area contributed by atoms with Crippen LogP contribution < -0.4 is 0 Å². The van der Waals surface area contributed by atoms with E-state index in [4.69, 9.17) is 4.74 Å². The Kier molecular flexibility index (Phi) is 4.95. The molecule has 0 aliphatic heterocycles. The molecule has 0 aromatic heterocycles. The number of nitrogens with zero attached hydrogens (tertiary/aromatic N) is 1. The minimum Gasteiger partial charge on any atom is -0.493 e. The maximum Gasteiger partial charge on any atom is 0.130 e. The predicted octanol–water partition coefficient (Wildman–Crippen LogP) is 4.56. The third-order valence-electron chi connectivity index (χ3n) is 3.08. The Labute approximate surface area is 125 Å². The van der Waals surface area contributed by atoms with Crippen LogP contribution in [0.3, 0.4) is 0 Å². The fourth-order valence-electron chi connectivity index (χ4n) is 2.17. The van der Waals surface area contributed by atoms with Crippen LogP contribution in [0, 0.1) is 11.3 Å². The van der Waals surface area contributed by atoms with Gasteiger partial charge >= 0.3 is 0 Å². The molecule has 0 unspecified atom stereocenters. The van der Waals surface area contributed by atoms with Crippen molar-refractivity contribution in [3.05, 3.63) is 89.7 Å². The molecule has 0 amide bonds. The molecule has 2 heteroatoms. The van der Waals surface area contributed by atoms with Crippen molar-refractivity contribution in [3.8, 4) is 6.07 Å². The van der Waals surface area contributed by atoms with Gasteiger partial charge in [-0.1, -0.05) is 67.2 Å². The molecule has 0 saturated heterocycles. The number of allylic oxidation sites excluding steroid dienone is 1. The Morgan fingerprint density at radius 1 is 1.00 bits per heavy atom. The summed E-state index contributed by atoms with van der Waals surface area (Å²) in [5, 5.41) is 9.57. The summed E-state index contributed by atoms with van der Waals surface area (Å²) in [7, 11) is 0. The molecule has 0 fully saturated rings. The van der Waals surface area contributed by atoms with Crippen LogP contribution in [0.1, 0.15) is 18.1 Å². The van der Waals surface area contributed by atoms with E-state index in [9.17, 15) is 5.26 Å². The van der Waals surface area contributed by atoms with Gasteiger partial charge in [0.2, 0.25) is 0 Å². The topological polar surface area (TPSA) is 33.0 Å². The van der Waals surface area contributed by atoms with E-state index in [1.54, 1.807) is 0 Å². The maximum absolute atomic E-state index is 9.57. The first-order valence-corrected chi connectivity index (χ1v) is 6.85. The quantitative estimate of drug-likeness (QED) is 0.455. The van der Waals surface area contributed by atoms with E-state index >= 15 is 0 Å². The van der Waals surface area contributed by atoms with Crippen molar-refractivity contribution in [1.82, 2.24) is 0 Å². The number of rotatable bonds is 5. The molecule has 2 aromatic rings. The van der Waals surface area contributed by atoms with E-state index < -0.39 is 0 Å². The molecule has 21 heavy (non-hydrogen) atoms. The standard InChI is InChI=1S/C19H17NO/c1-3-21-15(2)18(14-20)19(16-10-6-4-7-11-16)17-12-8-5-9-13-17/h4-13H,2-3H2,1H3. The third-order valence-corrected chi connectivity index (χ3v) is 3.08. The minimum absolute atomic E-state index is 0.405. The first-order valence-electron chi connectivity index (χ1n) is 6.85. The van der Waals surface area contributed by atoms with Crippen LogP contribution in [-0.2, 0) is 4.74 Å². The summed E-state index contributed by atoms with van der Waals surface area (Å²) in [6.45, 7) is 6.25. The second-order valence-corrected chi connectivity index (χ2v) is 4.45. The monoisotopic (exact) mass is 275 g/mol. The van der Waals surface area contributed by atoms with E-state index in [1.165, 1.54) is 0 Å². The first kappa shape index (κ1) is 14.6. The van der Waals surface area contributed by atoms with E-state index in [0.717, 1.165) is 16.7 Å². The van der Waals surface area contributed by atoms with Crippen LogP contribution in [0.15, 0.2) is 78.6 Å². The predicted molar refractivity (Wildman–Crippen MR) is 85.3 cm³/mol. The molecule has 0 atom stereocenters. The molecule has 0 saturated carbocycles. The van der Waals surface area contributed by atoms with Crippen molar-refractivity contribution < 1.29 is 4.74 Å². The Bertz CT molecular complexity index is 637. The lowest BCUT2D eigenvalue weighted by molar-refractivity contribution is 0.241. The van der Waals surface area contributed by atoms with Gasteiger partial charge in [0.15, 0.2) is 0 Å². The lowest BCUT2D eigenvalue weighted by Crippen LogP contribution is -1.99. The zero-order valence-corrected chi connectivity index (χ0v) is 12.0. The molecule has 0 heterocycles. The van der Waals surface area contributed by atoms with Crippen LogP contribution in [0.4, 0.5) is 0 Å². The minimum atomic E-state index is 0.405. The molecule has 2 nitrogen and oxygen atoms in total. The van der Waals surface area contributed by atoms with Gasteiger partial charge in [-0.2, -0.15) is 5.26 Å². The zero-order chi connectivity index (χ0) is 15.1. The summed E-state index contributed by atoms with van der Waals surface area (Å²) < 4.78 is 5.44. The number of hydrogen-bond acceptors (Lipinski definition) is 2. The molecule has 0 spiro atoms. The van der Waals surface area contributed by atoms with Crippen molar-refractivity contribution >= 4 is 5.57 Å². The second kappa shape index (κ2) is 7.12. The van der Waals surface area contributed by atoms with Crippen molar-refractivity contribution in [2.45, 2.75) is 6.92 Å². The molecular formula is C19H17NO. The van der Waals surface area contributed by atoms with Gasteiger partial charge in [0.1, 0.15) is 17.4 Å². The van der Waals surface area contributed by atoms with Gasteiger partial charge in [0.05, 0.1) is 6.61 Å². The SMILES string of the molecule is C=C(OCC)C(C#N)=C(c1ccccc1)c1ccccc1. The van der Waals surface area contributed by atoms with Crippen LogP contribution >= 0.6 is 0 Å². The van der Waals surface area contributed by atoms with Crippen LogP contribution in [0.2, 0.25) is 0 Å². The van der Waals surface area contributed by atoms with Crippen LogP contribution in [0.5, 0.6) is 0 Å². The summed E-state index contributed by atoms with van der Waals surface area (Å²) in [4.78, 5) is 0. The highest BCUT2D eigenvalue weighted by Crippen LogP contribution is 2.29. The van der Waals surface area contributed by atoms with Gasteiger partial charge in [-0.25, -0.2) is 0 Å². The van der Waals surface area contributed by atoms with Gasteiger partial charge < -0.3 is 4.74 Å². The van der Waals surface area contributed by atoms with E-state index in [2.05, 4.69) is 12.6 Å². The highest BCUT2D eigenvalue weighted by atomic mass is 16.5. The first-order chi connectivity index (χ1) is 10.3. The molecule has 0 radical (unpaired) electrons. The van der Waals surface area contributed by atoms with Crippen LogP contribution in [0.25, 0.3) is 5.57 Å². The molecule has 0 bridgehead atoms. The Morgan fingerprint density at radius 3 is 1.86 bits per heavy atom. The average molecular weight is 275 g/mol. The van der Waals surface area contributed by atoms with Gasteiger partial charge in [-0.3, -0.25) is 0 Å². The average Bonchev–Trinajstić information content (AvgIpc) is 2.54. The normalized spacial score (nSPS) is 9.52. The highest BCUT2D eigenvalue weighted by Gasteiger charge is 2.15. The Balaban J connectivity index is 2.66. The number of ether oxygens (including phenoxy) is 1. The lowest BCUT2D eigenvalue weighted by Gasteiger charge is -2.13. The summed E-state index contributed by atoms with van der Waals surface area (Å²) in [5.41, 5.74) is 3.26. The summed E-state index contributed by atoms with van der Waals surface area (Å²) >= 11 is 0. The number of hydrogen-bond donors (Lipinski definition) is 0. The fourth-order valence-corrected chi connectivity index (χ4v) is 2.17. The van der Waals surface area contributed by atoms with Crippen molar-refractivity contribution in [3.63, 3.8) is 0 Å². The smallest absolute Gasteiger partial charge is 0.130 e. The van der Waals surface area contributed by atoms with Gasteiger partial charge in [-0.05, 0) is 18.1 Å². The highest BCUT2D eigenvalue weighted by molar-refractivity contribution is 5.86. The van der Waals surface area contributed by atoms with E-state index in [-0.39, 0.29) is 0 Å². The van der Waals surface area contributed by atoms with Gasteiger partial charge in [-0.15, -0.1) is 0 Å². The number of benzene rings is 2. The van der Waals surface area contributed by atoms with Crippen LogP contribution in [-0.4, -0.2) is 6.61 Å². The maximum atomic E-state index is 9.57. The molecule has 104 valence electrons. The van der Waals surface area contributed by atoms with Crippen molar-refractivity contribution in [1.29, 1.82) is 5.26 Å². The Morgan fingerprint density at radius 2 is 1.48 bits per heavy atom. The Hall–Kier alpha value is -2.79. The summed E-state index contributed by atoms with van der Waals surface area (Å²) in [6, 6.07) is 21.9. The third kappa shape index (κ3) is 3.40. The molecule has 2 aromatic carbocycles. The van der Waals surface area contributed by atoms with Crippen molar-refractivity contribution in [2.24, 2.45) is 0 Å². The lowest BCUT2D eigenvalue weighted by atomic mass is 9.93. The molecular weight excluding hydrogens is 258 g/mol. The fraction of sp³-hybridized carbons (Fsp3) is 0.105. The van der Waals surface area contributed by atoms with Gasteiger partial charge in [0, 0.05) is 5.57 Å². The van der Waals surface area contributed by atoms with E-state index in [1.807, 2.05) is 67.6 Å². The molecule has 0 N–H and O–H groups in total. The summed E-state index contributed by atoms with van der Waals surface area (Å²) in [6.07, 6.45) is 0. The summed E-state index contributed by atoms with van der Waals surface area (Å²) in [5.74, 6) is 0.405. The number of nitriles is 1. The largest absolute Gasteiger partial charge is 0.493 e. The molecule has 0 aliphatic rings. The van der Waals surface area contributed by atoms with Gasteiger partial charge in [0.25, 0.3) is 0 Å². The van der Waals surface area contributed by atoms with E-state index in [0.29, 0.717) is 17.9 Å². The second-order valence-electron chi connectivity index (χ2n) is 4.45. The molecule has 0 aliphatic carbocycles. The van der Waals surface area contributed by atoms with Crippen molar-refractivity contribution in [2.75, 3.05) is 6.61 Å². The zero-order valence-electron chi connectivity index (χ0n) is 12.0.